The molecule has 3 amide bonds. The van der Waals surface area contributed by atoms with Gasteiger partial charge in [-0.3, -0.25) is 19.7 Å². The number of rotatable bonds is 8. The first kappa shape index (κ1) is 19.9. The number of para-hydroxylation sites is 1. The van der Waals surface area contributed by atoms with E-state index < -0.39 is 37.0 Å². The average Bonchev–Trinajstić information content (AvgIpc) is 2.58. The summed E-state index contributed by atoms with van der Waals surface area (Å²) in [7, 11) is 0. The van der Waals surface area contributed by atoms with Crippen molar-refractivity contribution in [3.8, 4) is 5.75 Å². The van der Waals surface area contributed by atoms with Crippen LogP contribution in [-0.2, 0) is 19.1 Å². The molecule has 0 radical (unpaired) electrons. The first-order chi connectivity index (χ1) is 12.0. The number of amides is 3. The average molecular weight is 352 g/mol. The van der Waals surface area contributed by atoms with Crippen molar-refractivity contribution in [2.75, 3.05) is 26.4 Å². The molecule has 0 spiro atoms. The van der Waals surface area contributed by atoms with Gasteiger partial charge in [0.2, 0.25) is 0 Å². The van der Waals surface area contributed by atoms with Crippen LogP contribution in [0.25, 0.3) is 0 Å². The van der Waals surface area contributed by atoms with E-state index in [-0.39, 0.29) is 12.2 Å². The molecule has 1 aromatic carbocycles. The smallest absolute Gasteiger partial charge is 0.413 e. The molecule has 1 aromatic rings. The maximum atomic E-state index is 12.1. The number of ether oxygens (including phenoxy) is 3. The van der Waals surface area contributed by atoms with Crippen LogP contribution in [0.4, 0.5) is 4.79 Å². The first-order valence-corrected chi connectivity index (χ1v) is 7.60. The normalized spacial score (nSPS) is 9.68. The highest BCUT2D eigenvalue weighted by molar-refractivity contribution is 5.98. The molecular weight excluding hydrogens is 332 g/mol. The molecular formula is C16H20N2O7. The van der Waals surface area contributed by atoms with Gasteiger partial charge >= 0.3 is 12.1 Å². The molecule has 0 aliphatic heterocycles. The summed E-state index contributed by atoms with van der Waals surface area (Å²) < 4.78 is 14.5. The quantitative estimate of drug-likeness (QED) is 0.658. The summed E-state index contributed by atoms with van der Waals surface area (Å²) >= 11 is 0. The number of carbonyl (C=O) groups excluding carboxylic acids is 4. The number of hydrogen-bond acceptors (Lipinski definition) is 7. The third-order valence-electron chi connectivity index (χ3n) is 2.71. The fourth-order valence-corrected chi connectivity index (χ4v) is 1.70. The van der Waals surface area contributed by atoms with Gasteiger partial charge in [-0.1, -0.05) is 12.1 Å². The van der Waals surface area contributed by atoms with Gasteiger partial charge in [0.15, 0.2) is 6.61 Å². The molecule has 25 heavy (non-hydrogen) atoms. The second kappa shape index (κ2) is 10.6. The fraction of sp³-hybridized carbons (Fsp3) is 0.375. The summed E-state index contributed by atoms with van der Waals surface area (Å²) in [5.41, 5.74) is 0.275. The van der Waals surface area contributed by atoms with Crippen molar-refractivity contribution in [1.29, 1.82) is 0 Å². The SMILES string of the molecule is CCOC(=O)NC(=O)COC(=O)CNC(=O)c1ccccc1OCC. The fourth-order valence-electron chi connectivity index (χ4n) is 1.70. The van der Waals surface area contributed by atoms with Crippen LogP contribution in [0.15, 0.2) is 24.3 Å². The Labute approximate surface area is 144 Å². The highest BCUT2D eigenvalue weighted by Gasteiger charge is 2.15. The Kier molecular flexibility index (Phi) is 8.48. The molecule has 136 valence electrons. The Morgan fingerprint density at radius 2 is 1.72 bits per heavy atom. The Hall–Kier alpha value is -3.10. The van der Waals surface area contributed by atoms with Crippen LogP contribution in [0.5, 0.6) is 5.75 Å². The van der Waals surface area contributed by atoms with Crippen LogP contribution >= 0.6 is 0 Å². The van der Waals surface area contributed by atoms with Crippen molar-refractivity contribution >= 4 is 23.9 Å². The number of nitrogens with one attached hydrogen (secondary N) is 2. The van der Waals surface area contributed by atoms with Gasteiger partial charge in [-0.15, -0.1) is 0 Å². The Bertz CT molecular complexity index is 631. The van der Waals surface area contributed by atoms with Crippen molar-refractivity contribution in [2.24, 2.45) is 0 Å². The van der Waals surface area contributed by atoms with E-state index in [0.717, 1.165) is 0 Å². The third-order valence-corrected chi connectivity index (χ3v) is 2.71. The second-order valence-electron chi connectivity index (χ2n) is 4.54. The highest BCUT2D eigenvalue weighted by Crippen LogP contribution is 2.17. The molecule has 0 aliphatic rings. The molecule has 0 heterocycles. The van der Waals surface area contributed by atoms with Gasteiger partial charge in [0.25, 0.3) is 11.8 Å². The van der Waals surface area contributed by atoms with Gasteiger partial charge in [0, 0.05) is 0 Å². The molecule has 0 bridgehead atoms. The van der Waals surface area contributed by atoms with Crippen LogP contribution < -0.4 is 15.4 Å². The molecule has 2 N–H and O–H groups in total. The van der Waals surface area contributed by atoms with Gasteiger partial charge < -0.3 is 19.5 Å². The van der Waals surface area contributed by atoms with Crippen molar-refractivity contribution < 1.29 is 33.4 Å². The van der Waals surface area contributed by atoms with Crippen molar-refractivity contribution in [3.63, 3.8) is 0 Å². The molecule has 1 rings (SSSR count). The Morgan fingerprint density at radius 1 is 1.00 bits per heavy atom. The molecule has 0 atom stereocenters. The van der Waals surface area contributed by atoms with E-state index >= 15 is 0 Å². The van der Waals surface area contributed by atoms with Crippen LogP contribution in [0.1, 0.15) is 24.2 Å². The molecule has 0 saturated heterocycles. The monoisotopic (exact) mass is 352 g/mol. The van der Waals surface area contributed by atoms with Gasteiger partial charge in [-0.2, -0.15) is 0 Å². The number of carbonyl (C=O) groups is 4. The summed E-state index contributed by atoms with van der Waals surface area (Å²) in [4.78, 5) is 45.9. The van der Waals surface area contributed by atoms with Crippen molar-refractivity contribution in [3.05, 3.63) is 29.8 Å². The summed E-state index contributed by atoms with van der Waals surface area (Å²) in [5.74, 6) is -1.79. The van der Waals surface area contributed by atoms with E-state index in [0.29, 0.717) is 12.4 Å². The van der Waals surface area contributed by atoms with Gasteiger partial charge in [-0.25, -0.2) is 4.79 Å². The lowest BCUT2D eigenvalue weighted by atomic mass is 10.2. The summed E-state index contributed by atoms with van der Waals surface area (Å²) in [6.07, 6.45) is -0.926. The lowest BCUT2D eigenvalue weighted by molar-refractivity contribution is -0.147. The zero-order valence-corrected chi connectivity index (χ0v) is 14.0. The van der Waals surface area contributed by atoms with Crippen LogP contribution in [0.2, 0.25) is 0 Å². The highest BCUT2D eigenvalue weighted by atomic mass is 16.6. The maximum absolute atomic E-state index is 12.1. The largest absolute Gasteiger partial charge is 0.493 e. The van der Waals surface area contributed by atoms with E-state index in [1.807, 2.05) is 5.32 Å². The predicted octanol–water partition coefficient (Wildman–Crippen LogP) is 0.631. The molecule has 0 unspecified atom stereocenters. The number of esters is 1. The maximum Gasteiger partial charge on any atom is 0.413 e. The Morgan fingerprint density at radius 3 is 2.40 bits per heavy atom. The van der Waals surface area contributed by atoms with E-state index in [1.54, 1.807) is 38.1 Å². The van der Waals surface area contributed by atoms with E-state index in [1.165, 1.54) is 0 Å². The lowest BCUT2D eigenvalue weighted by Crippen LogP contribution is -2.36. The van der Waals surface area contributed by atoms with Crippen molar-refractivity contribution in [2.45, 2.75) is 13.8 Å². The van der Waals surface area contributed by atoms with Gasteiger partial charge in [0.1, 0.15) is 12.3 Å². The lowest BCUT2D eigenvalue weighted by Gasteiger charge is -2.10. The molecule has 9 nitrogen and oxygen atoms in total. The van der Waals surface area contributed by atoms with Crippen LogP contribution in [0, 0.1) is 0 Å². The van der Waals surface area contributed by atoms with Gasteiger partial charge in [-0.05, 0) is 26.0 Å². The minimum atomic E-state index is -0.926. The van der Waals surface area contributed by atoms with E-state index in [9.17, 15) is 19.2 Å². The predicted molar refractivity (Wildman–Crippen MR) is 86.1 cm³/mol. The first-order valence-electron chi connectivity index (χ1n) is 7.60. The summed E-state index contributed by atoms with van der Waals surface area (Å²) in [5, 5.41) is 4.23. The molecule has 0 saturated carbocycles. The summed E-state index contributed by atoms with van der Waals surface area (Å²) in [6, 6.07) is 6.57. The number of benzene rings is 1. The Balaban J connectivity index is 2.40. The number of hydrogen-bond donors (Lipinski definition) is 2. The number of alkyl carbamates (subject to hydrolysis) is 1. The molecule has 0 fully saturated rings. The van der Waals surface area contributed by atoms with Crippen molar-refractivity contribution in [1.82, 2.24) is 10.6 Å². The number of imide groups is 1. The minimum absolute atomic E-state index is 0.105. The zero-order valence-electron chi connectivity index (χ0n) is 14.0. The zero-order chi connectivity index (χ0) is 18.7. The van der Waals surface area contributed by atoms with Crippen LogP contribution in [-0.4, -0.2) is 50.2 Å². The topological polar surface area (TPSA) is 120 Å². The molecule has 0 aliphatic carbocycles. The minimum Gasteiger partial charge on any atom is -0.493 e. The molecule has 9 heteroatoms. The standard InChI is InChI=1S/C16H20N2O7/c1-3-23-12-8-6-5-7-11(12)15(21)17-9-14(20)25-10-13(19)18-16(22)24-4-2/h5-8H,3-4,9-10H2,1-2H3,(H,17,21)(H,18,19,22). The van der Waals surface area contributed by atoms with E-state index in [4.69, 9.17) is 4.74 Å². The third kappa shape index (κ3) is 7.34. The van der Waals surface area contributed by atoms with Crippen LogP contribution in [0.3, 0.4) is 0 Å². The second-order valence-corrected chi connectivity index (χ2v) is 4.54. The van der Waals surface area contributed by atoms with E-state index in [2.05, 4.69) is 14.8 Å². The molecule has 0 aromatic heterocycles. The van der Waals surface area contributed by atoms with Gasteiger partial charge in [0.05, 0.1) is 18.8 Å². The summed E-state index contributed by atoms with van der Waals surface area (Å²) in [6.45, 7) is 2.76.